The molecule has 0 atom stereocenters. The molecule has 0 amide bonds. The average Bonchev–Trinajstić information content (AvgIpc) is 0.722. The molecule has 0 aliphatic rings. The molecule has 0 rings (SSSR count). The van der Waals surface area contributed by atoms with E-state index in [4.69, 9.17) is 14.3 Å². The van der Waals surface area contributed by atoms with E-state index in [0.717, 1.165) is 0 Å². The summed E-state index contributed by atoms with van der Waals surface area (Å²) >= 11 is -6.17. The van der Waals surface area contributed by atoms with Gasteiger partial charge in [-0.3, -0.25) is 0 Å². The third kappa shape index (κ3) is 40.6. The standard InChI is InChI=1S/Cs.K.4O.W/q2*+1;;;2*-1;. The predicted molar refractivity (Wildman–Crippen MR) is 1.37 cm³/mol. The van der Waals surface area contributed by atoms with E-state index >= 15 is 0 Å². The molecule has 0 saturated carbocycles. The van der Waals surface area contributed by atoms with Crippen molar-refractivity contribution >= 4 is 0 Å². The van der Waals surface area contributed by atoms with Gasteiger partial charge >= 0.3 is 151 Å². The molecule has 0 aromatic carbocycles. The molecule has 0 aliphatic carbocycles. The van der Waals surface area contributed by atoms with E-state index in [0.29, 0.717) is 0 Å². The summed E-state index contributed by atoms with van der Waals surface area (Å²) in [5.74, 6) is 0. The normalized spacial score (nSPS) is 8.29. The molecule has 32 valence electrons. The fourth-order valence-corrected chi connectivity index (χ4v) is 0. The van der Waals surface area contributed by atoms with Crippen LogP contribution in [0.3, 0.4) is 0 Å². The molecule has 7 heavy (non-hydrogen) atoms. The van der Waals surface area contributed by atoms with Gasteiger partial charge < -0.3 is 0 Å². The quantitative estimate of drug-likeness (QED) is 0.365. The summed E-state index contributed by atoms with van der Waals surface area (Å²) < 4.78 is 34.6. The van der Waals surface area contributed by atoms with Crippen molar-refractivity contribution in [3.63, 3.8) is 0 Å². The Labute approximate surface area is 146 Å². The molecule has 4 nitrogen and oxygen atoms in total. The van der Waals surface area contributed by atoms with Crippen LogP contribution in [0, 0.1) is 0 Å². The fourth-order valence-electron chi connectivity index (χ4n) is 0. The second-order valence-corrected chi connectivity index (χ2v) is 3.34. The van der Waals surface area contributed by atoms with Gasteiger partial charge in [-0.05, 0) is 0 Å². The van der Waals surface area contributed by atoms with Crippen LogP contribution in [0.1, 0.15) is 0 Å². The Kier molecular flexibility index (Phi) is 19.6. The maximum absolute atomic E-state index is 8.65. The molecule has 7 heteroatoms. The van der Waals surface area contributed by atoms with Gasteiger partial charge in [0.1, 0.15) is 0 Å². The number of hydrogen-bond donors (Lipinski definition) is 0. The second kappa shape index (κ2) is 8.00. The molecule has 0 spiro atoms. The maximum atomic E-state index is 8.65. The number of rotatable bonds is 0. The van der Waals surface area contributed by atoms with Crippen molar-refractivity contribution in [1.29, 1.82) is 0 Å². The van der Waals surface area contributed by atoms with E-state index in [2.05, 4.69) is 0 Å². The molecule has 0 aromatic rings. The van der Waals surface area contributed by atoms with Crippen LogP contribution in [0.2, 0.25) is 0 Å². The molecule has 0 heterocycles. The summed E-state index contributed by atoms with van der Waals surface area (Å²) in [5, 5.41) is 0. The van der Waals surface area contributed by atoms with Crippen molar-refractivity contribution in [2.75, 3.05) is 0 Å². The zero-order valence-corrected chi connectivity index (χ0v) is 16.4. The second-order valence-electron chi connectivity index (χ2n) is 0.408. The zero-order valence-electron chi connectivity index (χ0n) is 4.04. The first kappa shape index (κ1) is 17.1. The zero-order chi connectivity index (χ0) is 4.50. The van der Waals surface area contributed by atoms with Gasteiger partial charge in [0.15, 0.2) is 0 Å². The summed E-state index contributed by atoms with van der Waals surface area (Å²) in [6.45, 7) is 0. The van der Waals surface area contributed by atoms with Gasteiger partial charge in [0, 0.05) is 0 Å². The van der Waals surface area contributed by atoms with E-state index in [9.17, 15) is 0 Å². The molecular formula is CsKO4W. The third-order valence-electron chi connectivity index (χ3n) is 0. The van der Waals surface area contributed by atoms with E-state index < -0.39 is 16.7 Å². The molecule has 0 N–H and O–H groups in total. The van der Waals surface area contributed by atoms with Gasteiger partial charge in [-0.15, -0.1) is 0 Å². The molecule has 0 saturated heterocycles. The van der Waals surface area contributed by atoms with Crippen molar-refractivity contribution in [3.8, 4) is 0 Å². The van der Waals surface area contributed by atoms with Crippen molar-refractivity contribution in [1.82, 2.24) is 0 Å². The Hall–Kier alpha value is 3.90. The van der Waals surface area contributed by atoms with Crippen LogP contribution in [0.5, 0.6) is 0 Å². The number of hydrogen-bond acceptors (Lipinski definition) is 4. The van der Waals surface area contributed by atoms with Crippen LogP contribution in [0.4, 0.5) is 0 Å². The SMILES string of the molecule is [Cs+].[K+].[O]=[W](=[O])([O-])[O-]. The fraction of sp³-hybridized carbons (Fsp3) is 0. The minimum absolute atomic E-state index is 0. The van der Waals surface area contributed by atoms with Crippen LogP contribution in [-0.2, 0) is 23.5 Å². The Bertz CT molecular complexity index is 94.9. The monoisotopic (exact) mass is 420 g/mol. The van der Waals surface area contributed by atoms with Crippen molar-refractivity contribution in [2.24, 2.45) is 0 Å². The van der Waals surface area contributed by atoms with E-state index in [1.165, 1.54) is 0 Å². The van der Waals surface area contributed by atoms with Gasteiger partial charge in [-0.25, -0.2) is 0 Å². The first-order valence-corrected chi connectivity index (χ1v) is 5.46. The predicted octanol–water partition coefficient (Wildman–Crippen LogP) is -8.61. The van der Waals surface area contributed by atoms with Crippen LogP contribution in [0.25, 0.3) is 0 Å². The van der Waals surface area contributed by atoms with E-state index in [-0.39, 0.29) is 120 Å². The molecule has 0 bridgehead atoms. The van der Waals surface area contributed by atoms with Crippen molar-refractivity contribution in [2.45, 2.75) is 0 Å². The first-order valence-electron chi connectivity index (χ1n) is 0.667. The van der Waals surface area contributed by atoms with Crippen LogP contribution >= 0.6 is 0 Å². The van der Waals surface area contributed by atoms with E-state index in [1.54, 1.807) is 0 Å². The molecule has 0 aliphatic heterocycles. The van der Waals surface area contributed by atoms with E-state index in [1.807, 2.05) is 0 Å². The Balaban J connectivity index is -0.0000000800. The molecule has 0 unspecified atom stereocenters. The van der Waals surface area contributed by atoms with Crippen molar-refractivity contribution < 1.29 is 151 Å². The third-order valence-corrected chi connectivity index (χ3v) is 0. The molecular weight excluding hydrogens is 420 g/mol. The van der Waals surface area contributed by atoms with Gasteiger partial charge in [0.05, 0.1) is 0 Å². The Morgan fingerprint density at radius 1 is 1.14 bits per heavy atom. The minimum atomic E-state index is -6.17. The average molecular weight is 420 g/mol. The van der Waals surface area contributed by atoms with Gasteiger partial charge in [-0.1, -0.05) is 0 Å². The van der Waals surface area contributed by atoms with Crippen LogP contribution in [0.15, 0.2) is 0 Å². The Morgan fingerprint density at radius 2 is 1.14 bits per heavy atom. The summed E-state index contributed by atoms with van der Waals surface area (Å²) in [6, 6.07) is 0. The Morgan fingerprint density at radius 3 is 1.14 bits per heavy atom. The van der Waals surface area contributed by atoms with Crippen LogP contribution in [-0.4, -0.2) is 0 Å². The van der Waals surface area contributed by atoms with Gasteiger partial charge in [-0.2, -0.15) is 0 Å². The summed E-state index contributed by atoms with van der Waals surface area (Å²) in [7, 11) is 0. The summed E-state index contributed by atoms with van der Waals surface area (Å²) in [4.78, 5) is 0. The van der Waals surface area contributed by atoms with Gasteiger partial charge in [0.2, 0.25) is 0 Å². The first-order chi connectivity index (χ1) is 2.00. The molecule has 0 aromatic heterocycles. The molecule has 0 radical (unpaired) electrons. The van der Waals surface area contributed by atoms with Gasteiger partial charge in [0.25, 0.3) is 0 Å². The van der Waals surface area contributed by atoms with Crippen molar-refractivity contribution in [3.05, 3.63) is 0 Å². The van der Waals surface area contributed by atoms with Crippen LogP contribution < -0.4 is 128 Å². The summed E-state index contributed by atoms with van der Waals surface area (Å²) in [6.07, 6.45) is 0. The summed E-state index contributed by atoms with van der Waals surface area (Å²) in [5.41, 5.74) is 0. The topological polar surface area (TPSA) is 80.3 Å². The molecule has 0 fully saturated rings.